The Kier molecular flexibility index (Phi) is 5.62. The molecule has 0 fully saturated rings. The van der Waals surface area contributed by atoms with Gasteiger partial charge in [0.25, 0.3) is 5.91 Å². The average molecular weight is 412 g/mol. The van der Waals surface area contributed by atoms with Crippen LogP contribution in [0.4, 0.5) is 5.69 Å². The van der Waals surface area contributed by atoms with Crippen molar-refractivity contribution in [3.05, 3.63) is 70.2 Å². The number of fused-ring (bicyclic) bond motifs is 1. The van der Waals surface area contributed by atoms with Gasteiger partial charge in [0.2, 0.25) is 0 Å². The fourth-order valence-corrected chi connectivity index (χ4v) is 3.84. The summed E-state index contributed by atoms with van der Waals surface area (Å²) in [4.78, 5) is 13.0. The third-order valence-electron chi connectivity index (χ3n) is 4.74. The minimum Gasteiger partial charge on any atom is -0.495 e. The number of para-hydroxylation sites is 1. The molecule has 0 aliphatic carbocycles. The maximum Gasteiger partial charge on any atom is 0.259 e. The van der Waals surface area contributed by atoms with Crippen LogP contribution in [0.5, 0.6) is 5.75 Å². The van der Waals surface area contributed by atoms with Crippen LogP contribution in [0.15, 0.2) is 59.1 Å². The van der Waals surface area contributed by atoms with Gasteiger partial charge in [-0.25, -0.2) is 0 Å². The first-order chi connectivity index (χ1) is 12.6. The van der Waals surface area contributed by atoms with Crippen LogP contribution in [0.25, 0.3) is 10.8 Å². The average Bonchev–Trinajstić information content (AvgIpc) is 2.67. The zero-order valence-corrected chi connectivity index (χ0v) is 16.8. The van der Waals surface area contributed by atoms with Crippen molar-refractivity contribution >= 4 is 38.3 Å². The summed E-state index contributed by atoms with van der Waals surface area (Å²) < 4.78 is 6.32. The second kappa shape index (κ2) is 7.92. The summed E-state index contributed by atoms with van der Waals surface area (Å²) in [6, 6.07) is 17.7. The molecule has 134 valence electrons. The molecular weight excluding hydrogens is 390 g/mol. The van der Waals surface area contributed by atoms with Crippen molar-refractivity contribution in [3.8, 4) is 5.75 Å². The first-order valence-corrected chi connectivity index (χ1v) is 9.51. The molecule has 1 atom stereocenters. The number of ether oxygens (including phenoxy) is 1. The first kappa shape index (κ1) is 18.5. The van der Waals surface area contributed by atoms with E-state index in [4.69, 9.17) is 4.74 Å². The fourth-order valence-electron chi connectivity index (χ4n) is 3.10. The van der Waals surface area contributed by atoms with Crippen molar-refractivity contribution in [3.63, 3.8) is 0 Å². The molecule has 0 aliphatic heterocycles. The molecular formula is C22H22BrNO2. The van der Waals surface area contributed by atoms with Gasteiger partial charge in [0, 0.05) is 5.69 Å². The number of rotatable bonds is 5. The van der Waals surface area contributed by atoms with Gasteiger partial charge in [-0.15, -0.1) is 0 Å². The number of benzene rings is 3. The highest BCUT2D eigenvalue weighted by atomic mass is 79.9. The van der Waals surface area contributed by atoms with Crippen LogP contribution in [-0.2, 0) is 0 Å². The Morgan fingerprint density at radius 2 is 1.85 bits per heavy atom. The van der Waals surface area contributed by atoms with Crippen LogP contribution >= 0.6 is 15.9 Å². The summed E-state index contributed by atoms with van der Waals surface area (Å²) >= 11 is 3.59. The van der Waals surface area contributed by atoms with Crippen molar-refractivity contribution < 1.29 is 9.53 Å². The molecule has 0 saturated carbocycles. The van der Waals surface area contributed by atoms with Gasteiger partial charge < -0.3 is 10.1 Å². The van der Waals surface area contributed by atoms with Crippen molar-refractivity contribution in [2.45, 2.75) is 26.2 Å². The maximum absolute atomic E-state index is 13.0. The van der Waals surface area contributed by atoms with Gasteiger partial charge in [0.15, 0.2) is 0 Å². The molecule has 0 unspecified atom stereocenters. The van der Waals surface area contributed by atoms with E-state index in [0.717, 1.165) is 32.9 Å². The molecule has 0 heterocycles. The summed E-state index contributed by atoms with van der Waals surface area (Å²) in [6.45, 7) is 4.31. The minimum absolute atomic E-state index is 0.177. The molecule has 26 heavy (non-hydrogen) atoms. The molecule has 4 heteroatoms. The lowest BCUT2D eigenvalue weighted by Gasteiger charge is -2.17. The number of hydrogen-bond acceptors (Lipinski definition) is 2. The Bertz CT molecular complexity index is 952. The van der Waals surface area contributed by atoms with E-state index in [1.807, 2.05) is 48.5 Å². The quantitative estimate of drug-likeness (QED) is 0.528. The molecule has 3 aromatic carbocycles. The second-order valence-electron chi connectivity index (χ2n) is 6.34. The molecule has 1 N–H and O–H groups in total. The van der Waals surface area contributed by atoms with E-state index >= 15 is 0 Å². The van der Waals surface area contributed by atoms with Crippen molar-refractivity contribution in [1.82, 2.24) is 0 Å². The lowest BCUT2D eigenvalue weighted by molar-refractivity contribution is 0.102. The standard InChI is InChI=1S/C22H22BrNO2/c1-4-14(2)16-10-7-8-12-19(16)24-22(25)18-13-15-9-5-6-11-17(15)20(23)21(18)26-3/h5-14H,4H2,1-3H3,(H,24,25)/t14-/m0/s1. The Balaban J connectivity index is 2.04. The third-order valence-corrected chi connectivity index (χ3v) is 5.53. The van der Waals surface area contributed by atoms with Crippen LogP contribution in [0.3, 0.4) is 0 Å². The van der Waals surface area contributed by atoms with E-state index in [1.54, 1.807) is 7.11 Å². The monoisotopic (exact) mass is 411 g/mol. The highest BCUT2D eigenvalue weighted by Gasteiger charge is 2.19. The van der Waals surface area contributed by atoms with Crippen molar-refractivity contribution in [1.29, 1.82) is 0 Å². The van der Waals surface area contributed by atoms with E-state index in [2.05, 4.69) is 41.2 Å². The number of hydrogen-bond donors (Lipinski definition) is 1. The minimum atomic E-state index is -0.177. The number of amides is 1. The van der Waals surface area contributed by atoms with E-state index < -0.39 is 0 Å². The SMILES string of the molecule is CC[C@H](C)c1ccccc1NC(=O)c1cc2ccccc2c(Br)c1OC. The Morgan fingerprint density at radius 1 is 1.15 bits per heavy atom. The summed E-state index contributed by atoms with van der Waals surface area (Å²) in [5, 5.41) is 5.07. The highest BCUT2D eigenvalue weighted by molar-refractivity contribution is 9.10. The smallest absolute Gasteiger partial charge is 0.259 e. The topological polar surface area (TPSA) is 38.3 Å². The predicted octanol–water partition coefficient (Wildman–Crippen LogP) is 6.38. The van der Waals surface area contributed by atoms with E-state index in [9.17, 15) is 4.79 Å². The number of methoxy groups -OCH3 is 1. The van der Waals surface area contributed by atoms with Gasteiger partial charge in [-0.3, -0.25) is 4.79 Å². The molecule has 3 nitrogen and oxygen atoms in total. The molecule has 0 radical (unpaired) electrons. The highest BCUT2D eigenvalue weighted by Crippen LogP contribution is 2.37. The van der Waals surface area contributed by atoms with Gasteiger partial charge in [-0.05, 0) is 56.7 Å². The maximum atomic E-state index is 13.0. The van der Waals surface area contributed by atoms with Gasteiger partial charge >= 0.3 is 0 Å². The number of halogens is 1. The lowest BCUT2D eigenvalue weighted by atomic mass is 9.96. The van der Waals surface area contributed by atoms with Gasteiger partial charge in [0.1, 0.15) is 5.75 Å². The van der Waals surface area contributed by atoms with Gasteiger partial charge in [-0.1, -0.05) is 56.3 Å². The van der Waals surface area contributed by atoms with Crippen molar-refractivity contribution in [2.24, 2.45) is 0 Å². The molecule has 0 aliphatic rings. The summed E-state index contributed by atoms with van der Waals surface area (Å²) in [5.74, 6) is 0.739. The summed E-state index contributed by atoms with van der Waals surface area (Å²) in [7, 11) is 1.58. The largest absolute Gasteiger partial charge is 0.495 e. The summed E-state index contributed by atoms with van der Waals surface area (Å²) in [6.07, 6.45) is 1.01. The summed E-state index contributed by atoms with van der Waals surface area (Å²) in [5.41, 5.74) is 2.50. The van der Waals surface area contributed by atoms with Gasteiger partial charge in [-0.2, -0.15) is 0 Å². The van der Waals surface area contributed by atoms with Crippen LogP contribution in [0.2, 0.25) is 0 Å². The van der Waals surface area contributed by atoms with Crippen molar-refractivity contribution in [2.75, 3.05) is 12.4 Å². The van der Waals surface area contributed by atoms with Crippen LogP contribution < -0.4 is 10.1 Å². The Morgan fingerprint density at radius 3 is 2.58 bits per heavy atom. The van der Waals surface area contributed by atoms with E-state index in [-0.39, 0.29) is 5.91 Å². The van der Waals surface area contributed by atoms with E-state index in [0.29, 0.717) is 17.2 Å². The number of nitrogens with one attached hydrogen (secondary N) is 1. The van der Waals surface area contributed by atoms with E-state index in [1.165, 1.54) is 0 Å². The lowest BCUT2D eigenvalue weighted by Crippen LogP contribution is -2.15. The normalized spacial score (nSPS) is 12.0. The first-order valence-electron chi connectivity index (χ1n) is 8.72. The molecule has 0 aromatic heterocycles. The molecule has 3 aromatic rings. The predicted molar refractivity (Wildman–Crippen MR) is 111 cm³/mol. The second-order valence-corrected chi connectivity index (χ2v) is 7.14. The molecule has 0 bridgehead atoms. The molecule has 0 saturated heterocycles. The number of carbonyl (C=O) groups is 1. The zero-order chi connectivity index (χ0) is 18.7. The number of carbonyl (C=O) groups excluding carboxylic acids is 1. The molecule has 0 spiro atoms. The van der Waals surface area contributed by atoms with Crippen LogP contribution in [-0.4, -0.2) is 13.0 Å². The Hall–Kier alpha value is -2.33. The van der Waals surface area contributed by atoms with Crippen LogP contribution in [0, 0.1) is 0 Å². The molecule has 1 amide bonds. The zero-order valence-electron chi connectivity index (χ0n) is 15.2. The number of anilines is 1. The Labute approximate surface area is 162 Å². The fraction of sp³-hybridized carbons (Fsp3) is 0.227. The van der Waals surface area contributed by atoms with Crippen LogP contribution in [0.1, 0.15) is 42.1 Å². The van der Waals surface area contributed by atoms with Gasteiger partial charge in [0.05, 0.1) is 17.1 Å². The molecule has 3 rings (SSSR count). The third kappa shape index (κ3) is 3.47.